The molecular formula is C25H48N4. The standard InChI is InChI=1S/C25H48N4/c1-24(2,3)28-13-9-23(10-14-28)27-11-7-20(8-12-27)15-26-16-21-18-29(25(4,5)6)19-22(21)17-26/h20-23H,7-19H2,1-6H3. The summed E-state index contributed by atoms with van der Waals surface area (Å²) in [5, 5.41) is 0. The third-order valence-electron chi connectivity index (χ3n) is 8.61. The van der Waals surface area contributed by atoms with Crippen molar-refractivity contribution < 1.29 is 0 Å². The SMILES string of the molecule is CC(C)(C)N1CCC(N2CCC(CN3CC4CN(C(C)(C)C)CC4C3)CC2)CC1. The highest BCUT2D eigenvalue weighted by Crippen LogP contribution is 2.36. The molecule has 4 aliphatic heterocycles. The molecule has 4 heterocycles. The van der Waals surface area contributed by atoms with Gasteiger partial charge in [0.2, 0.25) is 0 Å². The van der Waals surface area contributed by atoms with Crippen molar-refractivity contribution in [2.75, 3.05) is 58.9 Å². The Morgan fingerprint density at radius 2 is 1.14 bits per heavy atom. The van der Waals surface area contributed by atoms with Gasteiger partial charge in [-0.3, -0.25) is 9.80 Å². The fraction of sp³-hybridized carbons (Fsp3) is 1.00. The van der Waals surface area contributed by atoms with Gasteiger partial charge in [-0.2, -0.15) is 0 Å². The van der Waals surface area contributed by atoms with E-state index in [0.717, 1.165) is 23.8 Å². The van der Waals surface area contributed by atoms with E-state index in [2.05, 4.69) is 61.1 Å². The van der Waals surface area contributed by atoms with E-state index in [4.69, 9.17) is 0 Å². The molecule has 4 saturated heterocycles. The molecule has 0 spiro atoms. The van der Waals surface area contributed by atoms with Gasteiger partial charge >= 0.3 is 0 Å². The van der Waals surface area contributed by atoms with Gasteiger partial charge in [0.25, 0.3) is 0 Å². The molecule has 0 amide bonds. The smallest absolute Gasteiger partial charge is 0.0125 e. The number of rotatable bonds is 3. The van der Waals surface area contributed by atoms with Crippen LogP contribution in [0.15, 0.2) is 0 Å². The minimum absolute atomic E-state index is 0.343. The molecule has 0 saturated carbocycles. The Morgan fingerprint density at radius 3 is 1.62 bits per heavy atom. The van der Waals surface area contributed by atoms with E-state index in [-0.39, 0.29) is 0 Å². The first-order valence-corrected chi connectivity index (χ1v) is 12.6. The molecule has 4 rings (SSSR count). The number of fused-ring (bicyclic) bond motifs is 1. The summed E-state index contributed by atoms with van der Waals surface area (Å²) in [6.45, 7) is 26.3. The van der Waals surface area contributed by atoms with Crippen LogP contribution in [0.3, 0.4) is 0 Å². The Balaban J connectivity index is 1.17. The molecule has 4 aliphatic rings. The monoisotopic (exact) mass is 404 g/mol. The molecule has 0 aromatic carbocycles. The molecule has 2 unspecified atom stereocenters. The molecule has 0 aliphatic carbocycles. The maximum Gasteiger partial charge on any atom is 0.0125 e. The van der Waals surface area contributed by atoms with Crippen LogP contribution in [0.5, 0.6) is 0 Å². The van der Waals surface area contributed by atoms with Gasteiger partial charge in [0.05, 0.1) is 0 Å². The Hall–Kier alpha value is -0.160. The van der Waals surface area contributed by atoms with Crippen molar-refractivity contribution in [1.29, 1.82) is 0 Å². The van der Waals surface area contributed by atoms with E-state index in [9.17, 15) is 0 Å². The van der Waals surface area contributed by atoms with Crippen LogP contribution in [0.1, 0.15) is 67.2 Å². The van der Waals surface area contributed by atoms with Crippen LogP contribution >= 0.6 is 0 Å². The average Bonchev–Trinajstić information content (AvgIpc) is 3.20. The molecule has 0 aromatic rings. The van der Waals surface area contributed by atoms with Crippen molar-refractivity contribution in [3.05, 3.63) is 0 Å². The summed E-state index contributed by atoms with van der Waals surface area (Å²) in [7, 11) is 0. The third kappa shape index (κ3) is 5.19. The van der Waals surface area contributed by atoms with E-state index in [1.807, 2.05) is 0 Å². The Labute approximate surface area is 181 Å². The highest BCUT2D eigenvalue weighted by Gasteiger charge is 2.43. The van der Waals surface area contributed by atoms with E-state index in [1.165, 1.54) is 84.6 Å². The second kappa shape index (κ2) is 8.41. The maximum atomic E-state index is 2.84. The highest BCUT2D eigenvalue weighted by molar-refractivity contribution is 4.97. The van der Waals surface area contributed by atoms with Crippen LogP contribution in [0.2, 0.25) is 0 Å². The lowest BCUT2D eigenvalue weighted by molar-refractivity contribution is 0.0381. The van der Waals surface area contributed by atoms with Crippen LogP contribution in [0, 0.1) is 17.8 Å². The first-order chi connectivity index (χ1) is 13.6. The minimum atomic E-state index is 0.343. The van der Waals surface area contributed by atoms with E-state index in [1.54, 1.807) is 0 Å². The molecule has 0 N–H and O–H groups in total. The Kier molecular flexibility index (Phi) is 6.39. The van der Waals surface area contributed by atoms with Gasteiger partial charge in [0, 0.05) is 62.9 Å². The van der Waals surface area contributed by atoms with E-state index >= 15 is 0 Å². The van der Waals surface area contributed by atoms with Crippen LogP contribution in [0.4, 0.5) is 0 Å². The van der Waals surface area contributed by atoms with Gasteiger partial charge in [-0.05, 0) is 98.1 Å². The molecule has 4 fully saturated rings. The lowest BCUT2D eigenvalue weighted by atomic mass is 9.92. The zero-order chi connectivity index (χ0) is 20.8. The normalized spacial score (nSPS) is 32.9. The lowest BCUT2D eigenvalue weighted by Gasteiger charge is -2.45. The first kappa shape index (κ1) is 22.0. The molecular weight excluding hydrogens is 356 g/mol. The summed E-state index contributed by atoms with van der Waals surface area (Å²) in [5.74, 6) is 2.81. The predicted molar refractivity (Wildman–Crippen MR) is 123 cm³/mol. The third-order valence-corrected chi connectivity index (χ3v) is 8.61. The molecule has 168 valence electrons. The van der Waals surface area contributed by atoms with Gasteiger partial charge < -0.3 is 9.80 Å². The molecule has 4 nitrogen and oxygen atoms in total. The van der Waals surface area contributed by atoms with Crippen LogP contribution in [-0.2, 0) is 0 Å². The minimum Gasteiger partial charge on any atom is -0.302 e. The largest absolute Gasteiger partial charge is 0.302 e. The van der Waals surface area contributed by atoms with Crippen molar-refractivity contribution in [1.82, 2.24) is 19.6 Å². The molecule has 29 heavy (non-hydrogen) atoms. The van der Waals surface area contributed by atoms with Crippen LogP contribution in [0.25, 0.3) is 0 Å². The summed E-state index contributed by atoms with van der Waals surface area (Å²) in [5.41, 5.74) is 0.695. The van der Waals surface area contributed by atoms with E-state index < -0.39 is 0 Å². The summed E-state index contributed by atoms with van der Waals surface area (Å²) in [6, 6.07) is 0.851. The molecule has 2 atom stereocenters. The number of hydrogen-bond donors (Lipinski definition) is 0. The summed E-state index contributed by atoms with van der Waals surface area (Å²) in [6.07, 6.45) is 5.61. The zero-order valence-corrected chi connectivity index (χ0v) is 20.3. The molecule has 0 radical (unpaired) electrons. The summed E-state index contributed by atoms with van der Waals surface area (Å²) >= 11 is 0. The first-order valence-electron chi connectivity index (χ1n) is 12.6. The summed E-state index contributed by atoms with van der Waals surface area (Å²) in [4.78, 5) is 11.1. The lowest BCUT2D eigenvalue weighted by Crippen LogP contribution is -2.52. The maximum absolute atomic E-state index is 2.84. The summed E-state index contributed by atoms with van der Waals surface area (Å²) < 4.78 is 0. The Morgan fingerprint density at radius 1 is 0.621 bits per heavy atom. The quantitative estimate of drug-likeness (QED) is 0.712. The second-order valence-electron chi connectivity index (χ2n) is 12.7. The van der Waals surface area contributed by atoms with Crippen molar-refractivity contribution in [3.8, 4) is 0 Å². The molecule has 0 bridgehead atoms. The predicted octanol–water partition coefficient (Wildman–Crippen LogP) is 3.62. The number of hydrogen-bond acceptors (Lipinski definition) is 4. The fourth-order valence-electron chi connectivity index (χ4n) is 6.55. The Bertz CT molecular complexity index is 518. The van der Waals surface area contributed by atoms with Crippen molar-refractivity contribution in [3.63, 3.8) is 0 Å². The molecule has 0 aromatic heterocycles. The second-order valence-corrected chi connectivity index (χ2v) is 12.7. The average molecular weight is 405 g/mol. The van der Waals surface area contributed by atoms with Crippen molar-refractivity contribution in [2.45, 2.75) is 84.3 Å². The van der Waals surface area contributed by atoms with Gasteiger partial charge in [-0.25, -0.2) is 0 Å². The fourth-order valence-corrected chi connectivity index (χ4v) is 6.55. The van der Waals surface area contributed by atoms with Gasteiger partial charge in [0.1, 0.15) is 0 Å². The van der Waals surface area contributed by atoms with Crippen molar-refractivity contribution >= 4 is 0 Å². The number of likely N-dealkylation sites (tertiary alicyclic amines) is 4. The van der Waals surface area contributed by atoms with Gasteiger partial charge in [-0.15, -0.1) is 0 Å². The van der Waals surface area contributed by atoms with Crippen molar-refractivity contribution in [2.24, 2.45) is 17.8 Å². The highest BCUT2D eigenvalue weighted by atomic mass is 15.3. The number of piperidine rings is 2. The topological polar surface area (TPSA) is 13.0 Å². The number of nitrogens with zero attached hydrogens (tertiary/aromatic N) is 4. The van der Waals surface area contributed by atoms with E-state index in [0.29, 0.717) is 11.1 Å². The van der Waals surface area contributed by atoms with Gasteiger partial charge in [-0.1, -0.05) is 0 Å². The van der Waals surface area contributed by atoms with Crippen LogP contribution < -0.4 is 0 Å². The van der Waals surface area contributed by atoms with Gasteiger partial charge in [0.15, 0.2) is 0 Å². The zero-order valence-electron chi connectivity index (χ0n) is 20.3. The molecule has 4 heteroatoms. The van der Waals surface area contributed by atoms with Crippen LogP contribution in [-0.4, -0.2) is 95.6 Å².